The highest BCUT2D eigenvalue weighted by Gasteiger charge is 2.24. The predicted molar refractivity (Wildman–Crippen MR) is 80.2 cm³/mol. The van der Waals surface area contributed by atoms with Crippen molar-refractivity contribution in [1.29, 1.82) is 0 Å². The number of fused-ring (bicyclic) bond motifs is 1. The summed E-state index contributed by atoms with van der Waals surface area (Å²) in [4.78, 5) is 17.8. The van der Waals surface area contributed by atoms with Crippen molar-refractivity contribution in [3.63, 3.8) is 0 Å². The first-order valence-electron chi connectivity index (χ1n) is 6.58. The van der Waals surface area contributed by atoms with Crippen molar-refractivity contribution in [2.45, 2.75) is 32.6 Å². The van der Waals surface area contributed by atoms with E-state index in [4.69, 9.17) is 0 Å². The average molecular weight is 292 g/mol. The standard InChI is InChI=1S/C14H16N2OS2/c1-2-9-3-4-10-11(8-19-12(10)7-9)13(17)16-14-15-5-6-18-14/h5-6,8-9H,2-4,7H2,1H3,(H,15,16,17). The Labute approximate surface area is 120 Å². The SMILES string of the molecule is CCC1CCc2c(C(=O)Nc3nccs3)csc2C1. The number of nitrogens with one attached hydrogen (secondary N) is 1. The van der Waals surface area contributed by atoms with Crippen LogP contribution in [0.4, 0.5) is 5.13 Å². The van der Waals surface area contributed by atoms with Gasteiger partial charge in [0.05, 0.1) is 5.56 Å². The molecule has 0 fully saturated rings. The van der Waals surface area contributed by atoms with Crippen LogP contribution < -0.4 is 5.32 Å². The summed E-state index contributed by atoms with van der Waals surface area (Å²) in [5, 5.41) is 7.42. The molecule has 2 heterocycles. The van der Waals surface area contributed by atoms with Crippen LogP contribution >= 0.6 is 22.7 Å². The first-order valence-corrected chi connectivity index (χ1v) is 8.34. The van der Waals surface area contributed by atoms with E-state index in [1.54, 1.807) is 17.5 Å². The van der Waals surface area contributed by atoms with Crippen molar-refractivity contribution in [1.82, 2.24) is 4.98 Å². The number of aromatic nitrogens is 1. The lowest BCUT2D eigenvalue weighted by molar-refractivity contribution is 0.102. The highest BCUT2D eigenvalue weighted by Crippen LogP contribution is 2.34. The predicted octanol–water partition coefficient (Wildman–Crippen LogP) is 3.97. The number of amides is 1. The van der Waals surface area contributed by atoms with Crippen LogP contribution in [0.5, 0.6) is 0 Å². The van der Waals surface area contributed by atoms with Crippen molar-refractivity contribution >= 4 is 33.7 Å². The summed E-state index contributed by atoms with van der Waals surface area (Å²) in [5.41, 5.74) is 2.12. The number of carbonyl (C=O) groups excluding carboxylic acids is 1. The van der Waals surface area contributed by atoms with Crippen LogP contribution in [-0.2, 0) is 12.8 Å². The summed E-state index contributed by atoms with van der Waals surface area (Å²) in [6, 6.07) is 0. The number of thiophene rings is 1. The molecule has 1 N–H and O–H groups in total. The van der Waals surface area contributed by atoms with E-state index in [2.05, 4.69) is 17.2 Å². The van der Waals surface area contributed by atoms with Gasteiger partial charge in [0.25, 0.3) is 5.91 Å². The highest BCUT2D eigenvalue weighted by atomic mass is 32.1. The van der Waals surface area contributed by atoms with Crippen molar-refractivity contribution in [2.75, 3.05) is 5.32 Å². The number of rotatable bonds is 3. The molecule has 0 saturated carbocycles. The van der Waals surface area contributed by atoms with Gasteiger partial charge in [-0.05, 0) is 30.7 Å². The fourth-order valence-electron chi connectivity index (χ4n) is 2.57. The Hall–Kier alpha value is -1.20. The van der Waals surface area contributed by atoms with E-state index in [9.17, 15) is 4.79 Å². The summed E-state index contributed by atoms with van der Waals surface area (Å²) in [6.07, 6.45) is 6.32. The summed E-state index contributed by atoms with van der Waals surface area (Å²) in [7, 11) is 0. The third-order valence-electron chi connectivity index (χ3n) is 3.73. The lowest BCUT2D eigenvalue weighted by Gasteiger charge is -2.21. The third kappa shape index (κ3) is 2.58. The van der Waals surface area contributed by atoms with E-state index in [-0.39, 0.29) is 5.91 Å². The molecule has 100 valence electrons. The molecule has 0 radical (unpaired) electrons. The minimum atomic E-state index is -0.0117. The fraction of sp³-hybridized carbons (Fsp3) is 0.429. The van der Waals surface area contributed by atoms with E-state index in [1.807, 2.05) is 10.8 Å². The Morgan fingerprint density at radius 3 is 3.16 bits per heavy atom. The van der Waals surface area contributed by atoms with Gasteiger partial charge in [0.2, 0.25) is 0 Å². The molecule has 0 aliphatic heterocycles. The molecule has 2 aromatic rings. The molecule has 0 spiro atoms. The lowest BCUT2D eigenvalue weighted by Crippen LogP contribution is -2.17. The van der Waals surface area contributed by atoms with Gasteiger partial charge in [-0.25, -0.2) is 4.98 Å². The second-order valence-corrected chi connectivity index (χ2v) is 6.72. The van der Waals surface area contributed by atoms with E-state index < -0.39 is 0 Å². The molecule has 0 bridgehead atoms. The Kier molecular flexibility index (Phi) is 3.66. The second kappa shape index (κ2) is 5.43. The van der Waals surface area contributed by atoms with Gasteiger partial charge in [0, 0.05) is 21.8 Å². The largest absolute Gasteiger partial charge is 0.298 e. The first-order chi connectivity index (χ1) is 9.28. The van der Waals surface area contributed by atoms with Crippen molar-refractivity contribution in [3.05, 3.63) is 33.0 Å². The number of hydrogen-bond acceptors (Lipinski definition) is 4. The fourth-order valence-corrected chi connectivity index (χ4v) is 4.29. The van der Waals surface area contributed by atoms with Crippen LogP contribution in [0, 0.1) is 5.92 Å². The van der Waals surface area contributed by atoms with Gasteiger partial charge in [-0.2, -0.15) is 0 Å². The maximum Gasteiger partial charge on any atom is 0.258 e. The Morgan fingerprint density at radius 2 is 2.42 bits per heavy atom. The van der Waals surface area contributed by atoms with Gasteiger partial charge in [-0.3, -0.25) is 10.1 Å². The van der Waals surface area contributed by atoms with Gasteiger partial charge in [0.15, 0.2) is 5.13 Å². The number of anilines is 1. The minimum absolute atomic E-state index is 0.0117. The van der Waals surface area contributed by atoms with Crippen LogP contribution in [0.1, 0.15) is 40.6 Å². The van der Waals surface area contributed by atoms with Crippen LogP contribution in [-0.4, -0.2) is 10.9 Å². The maximum absolute atomic E-state index is 12.3. The molecule has 5 heteroatoms. The molecule has 2 aromatic heterocycles. The molecule has 1 aliphatic carbocycles. The second-order valence-electron chi connectivity index (χ2n) is 4.86. The van der Waals surface area contributed by atoms with Gasteiger partial charge < -0.3 is 0 Å². The molecule has 3 rings (SSSR count). The van der Waals surface area contributed by atoms with Crippen LogP contribution in [0.3, 0.4) is 0 Å². The zero-order valence-corrected chi connectivity index (χ0v) is 12.4. The van der Waals surface area contributed by atoms with E-state index in [0.29, 0.717) is 5.13 Å². The molecular weight excluding hydrogens is 276 g/mol. The number of hydrogen-bond donors (Lipinski definition) is 1. The van der Waals surface area contributed by atoms with E-state index >= 15 is 0 Å². The number of carbonyl (C=O) groups is 1. The zero-order valence-electron chi connectivity index (χ0n) is 10.8. The van der Waals surface area contributed by atoms with Crippen LogP contribution in [0.15, 0.2) is 17.0 Å². The topological polar surface area (TPSA) is 42.0 Å². The molecular formula is C14H16N2OS2. The highest BCUT2D eigenvalue weighted by molar-refractivity contribution is 7.13. The number of nitrogens with zero attached hydrogens (tertiary/aromatic N) is 1. The zero-order chi connectivity index (χ0) is 13.2. The van der Waals surface area contributed by atoms with Crippen molar-refractivity contribution in [3.8, 4) is 0 Å². The van der Waals surface area contributed by atoms with E-state index in [0.717, 1.165) is 24.3 Å². The quantitative estimate of drug-likeness (QED) is 0.930. The Bertz CT molecular complexity index is 574. The average Bonchev–Trinajstić information content (AvgIpc) is 3.06. The van der Waals surface area contributed by atoms with Crippen LogP contribution in [0.25, 0.3) is 0 Å². The first kappa shape index (κ1) is 12.8. The summed E-state index contributed by atoms with van der Waals surface area (Å²) in [6.45, 7) is 2.25. The summed E-state index contributed by atoms with van der Waals surface area (Å²) in [5.74, 6) is 0.781. The van der Waals surface area contributed by atoms with Crippen LogP contribution in [0.2, 0.25) is 0 Å². The lowest BCUT2D eigenvalue weighted by atomic mass is 9.86. The van der Waals surface area contributed by atoms with Gasteiger partial charge >= 0.3 is 0 Å². The summed E-state index contributed by atoms with van der Waals surface area (Å²) >= 11 is 3.18. The third-order valence-corrected chi connectivity index (χ3v) is 5.47. The molecule has 1 atom stereocenters. The normalized spacial score (nSPS) is 18.1. The molecule has 1 aliphatic rings. The van der Waals surface area contributed by atoms with Crippen molar-refractivity contribution < 1.29 is 4.79 Å². The van der Waals surface area contributed by atoms with Crippen molar-refractivity contribution in [2.24, 2.45) is 5.92 Å². The minimum Gasteiger partial charge on any atom is -0.298 e. The summed E-state index contributed by atoms with van der Waals surface area (Å²) < 4.78 is 0. The maximum atomic E-state index is 12.3. The van der Waals surface area contributed by atoms with E-state index in [1.165, 1.54) is 34.6 Å². The van der Waals surface area contributed by atoms with Gasteiger partial charge in [-0.1, -0.05) is 13.3 Å². The molecule has 1 amide bonds. The number of thiazole rings is 1. The molecule has 0 aromatic carbocycles. The molecule has 0 saturated heterocycles. The van der Waals surface area contributed by atoms with Gasteiger partial charge in [-0.15, -0.1) is 22.7 Å². The Balaban J connectivity index is 1.79. The molecule has 3 nitrogen and oxygen atoms in total. The monoisotopic (exact) mass is 292 g/mol. The molecule has 1 unspecified atom stereocenters. The molecule has 19 heavy (non-hydrogen) atoms. The smallest absolute Gasteiger partial charge is 0.258 e. The Morgan fingerprint density at radius 1 is 1.53 bits per heavy atom. The van der Waals surface area contributed by atoms with Gasteiger partial charge in [0.1, 0.15) is 0 Å².